The summed E-state index contributed by atoms with van der Waals surface area (Å²) in [6.07, 6.45) is 6.05. The molecular weight excluding hydrogens is 379 g/mol. The third kappa shape index (κ3) is 11.8. The smallest absolute Gasteiger partial charge is 0.380 e. The summed E-state index contributed by atoms with van der Waals surface area (Å²) in [5.74, 6) is 0. The van der Waals surface area contributed by atoms with Crippen LogP contribution in [0.5, 0.6) is 0 Å². The van der Waals surface area contributed by atoms with Crippen molar-refractivity contribution in [2.75, 3.05) is 39.6 Å². The van der Waals surface area contributed by atoms with Gasteiger partial charge in [-0.2, -0.15) is 0 Å². The average Bonchev–Trinajstić information content (AvgIpc) is 2.63. The van der Waals surface area contributed by atoms with Crippen LogP contribution >= 0.6 is 0 Å². The maximum Gasteiger partial charge on any atom is 0.445 e. The molecule has 0 atom stereocenters. The molecule has 0 fully saturated rings. The maximum atomic E-state index is 6.29. The van der Waals surface area contributed by atoms with E-state index in [1.165, 1.54) is 0 Å². The predicted molar refractivity (Wildman–Crippen MR) is 115 cm³/mol. The molecule has 0 N–H and O–H groups in total. The van der Waals surface area contributed by atoms with E-state index in [0.717, 1.165) is 38.5 Å². The van der Waals surface area contributed by atoms with E-state index < -0.39 is 17.3 Å². The SMILES string of the molecule is CCCCO[Si]([B][Si](OCC)(OCC)OCC)(OCCCC)OCCCC. The molecule has 6 nitrogen and oxygen atoms in total. The zero-order valence-electron chi connectivity index (χ0n) is 18.5. The summed E-state index contributed by atoms with van der Waals surface area (Å²) in [5.41, 5.74) is 0. The highest BCUT2D eigenvalue weighted by Gasteiger charge is 2.57. The summed E-state index contributed by atoms with van der Waals surface area (Å²) >= 11 is 0. The van der Waals surface area contributed by atoms with Crippen molar-refractivity contribution in [2.24, 2.45) is 0 Å². The third-order valence-electron chi connectivity index (χ3n) is 3.79. The van der Waals surface area contributed by atoms with E-state index in [0.29, 0.717) is 39.6 Å². The normalized spacial score (nSPS) is 12.5. The van der Waals surface area contributed by atoms with Gasteiger partial charge in [-0.25, -0.2) is 0 Å². The van der Waals surface area contributed by atoms with Crippen molar-refractivity contribution < 1.29 is 26.6 Å². The van der Waals surface area contributed by atoms with Crippen molar-refractivity contribution in [3.8, 4) is 0 Å². The molecule has 0 aromatic heterocycles. The zero-order valence-corrected chi connectivity index (χ0v) is 20.5. The summed E-state index contributed by atoms with van der Waals surface area (Å²) in [6.45, 7) is 17.6. The first-order valence-electron chi connectivity index (χ1n) is 10.8. The highest BCUT2D eigenvalue weighted by Crippen LogP contribution is 2.20. The Kier molecular flexibility index (Phi) is 17.3. The van der Waals surface area contributed by atoms with Gasteiger partial charge in [0.2, 0.25) is 0 Å². The molecule has 0 amide bonds. The second kappa shape index (κ2) is 17.1. The van der Waals surface area contributed by atoms with Gasteiger partial charge in [0.25, 0.3) is 0 Å². The molecule has 0 aliphatic carbocycles. The molecule has 0 heterocycles. The number of hydrogen-bond acceptors (Lipinski definition) is 6. The summed E-state index contributed by atoms with van der Waals surface area (Å²) in [4.78, 5) is 0. The van der Waals surface area contributed by atoms with Crippen LogP contribution in [-0.4, -0.2) is 63.5 Å². The Bertz CT molecular complexity index is 295. The van der Waals surface area contributed by atoms with E-state index in [9.17, 15) is 0 Å². The molecule has 27 heavy (non-hydrogen) atoms. The summed E-state index contributed by atoms with van der Waals surface area (Å²) < 4.78 is 36.9. The minimum absolute atomic E-state index is 0.506. The Hall–Kier alpha value is 0.259. The Morgan fingerprint density at radius 1 is 0.481 bits per heavy atom. The number of rotatable bonds is 20. The second-order valence-electron chi connectivity index (χ2n) is 6.26. The Labute approximate surface area is 170 Å². The first-order valence-corrected chi connectivity index (χ1v) is 14.4. The Morgan fingerprint density at radius 2 is 0.778 bits per heavy atom. The molecule has 161 valence electrons. The molecule has 0 aliphatic rings. The lowest BCUT2D eigenvalue weighted by atomic mass is 10.4. The molecule has 0 unspecified atom stereocenters. The third-order valence-corrected chi connectivity index (χ3v) is 10.5. The highest BCUT2D eigenvalue weighted by molar-refractivity contribution is 7.44. The van der Waals surface area contributed by atoms with Gasteiger partial charge in [0, 0.05) is 39.6 Å². The van der Waals surface area contributed by atoms with Crippen LogP contribution < -0.4 is 0 Å². The van der Waals surface area contributed by atoms with Gasteiger partial charge in [-0.3, -0.25) is 0 Å². The lowest BCUT2D eigenvalue weighted by Crippen LogP contribution is -2.67. The average molecular weight is 422 g/mol. The first kappa shape index (κ1) is 27.3. The molecule has 0 saturated heterocycles. The van der Waals surface area contributed by atoms with Crippen LogP contribution in [0.1, 0.15) is 80.1 Å². The van der Waals surface area contributed by atoms with E-state index in [2.05, 4.69) is 20.8 Å². The maximum absolute atomic E-state index is 6.29. The van der Waals surface area contributed by atoms with Crippen molar-refractivity contribution in [1.82, 2.24) is 0 Å². The molecular formula is C18H42BO6Si2. The fourth-order valence-corrected chi connectivity index (χ4v) is 9.12. The standard InChI is InChI=1S/C18H42BO6Si2/c1-7-13-16-23-27(24-17-14-8-2,25-18-15-9-3)19-26(20-10-4,21-11-5)22-12-6/h7-18H2,1-6H3. The van der Waals surface area contributed by atoms with Gasteiger partial charge in [-0.1, -0.05) is 40.0 Å². The largest absolute Gasteiger partial charge is 0.445 e. The first-order chi connectivity index (χ1) is 13.1. The fourth-order valence-electron chi connectivity index (χ4n) is 2.40. The lowest BCUT2D eigenvalue weighted by Gasteiger charge is -2.36. The molecule has 0 bridgehead atoms. The van der Waals surface area contributed by atoms with E-state index >= 15 is 0 Å². The van der Waals surface area contributed by atoms with Gasteiger partial charge in [-0.15, -0.1) is 0 Å². The van der Waals surface area contributed by atoms with Crippen LogP contribution in [-0.2, 0) is 26.6 Å². The van der Waals surface area contributed by atoms with E-state index in [-0.39, 0.29) is 0 Å². The van der Waals surface area contributed by atoms with Crippen LogP contribution in [0.25, 0.3) is 0 Å². The molecule has 1 radical (unpaired) electrons. The van der Waals surface area contributed by atoms with Gasteiger partial charge in [0.15, 0.2) is 0 Å². The molecule has 0 spiro atoms. The quantitative estimate of drug-likeness (QED) is 0.218. The molecule has 0 saturated carbocycles. The number of unbranched alkanes of at least 4 members (excludes halogenated alkanes) is 3. The summed E-state index contributed by atoms with van der Waals surface area (Å²) in [5, 5.41) is 0. The molecule has 9 heteroatoms. The number of hydrogen-bond donors (Lipinski definition) is 0. The van der Waals surface area contributed by atoms with Crippen LogP contribution in [0.15, 0.2) is 0 Å². The van der Waals surface area contributed by atoms with Gasteiger partial charge < -0.3 is 26.6 Å². The second-order valence-corrected chi connectivity index (χ2v) is 11.6. The van der Waals surface area contributed by atoms with Crippen LogP contribution in [0.2, 0.25) is 0 Å². The van der Waals surface area contributed by atoms with E-state index in [1.807, 2.05) is 27.2 Å². The molecule has 0 rings (SSSR count). The zero-order chi connectivity index (χ0) is 20.4. The van der Waals surface area contributed by atoms with Crippen molar-refractivity contribution in [3.63, 3.8) is 0 Å². The topological polar surface area (TPSA) is 55.4 Å². The lowest BCUT2D eigenvalue weighted by molar-refractivity contribution is 0.0710. The van der Waals surface area contributed by atoms with E-state index in [1.54, 1.807) is 0 Å². The molecule has 0 aliphatic heterocycles. The van der Waals surface area contributed by atoms with Crippen LogP contribution in [0.4, 0.5) is 0 Å². The monoisotopic (exact) mass is 421 g/mol. The Balaban J connectivity index is 5.55. The van der Waals surface area contributed by atoms with Crippen LogP contribution in [0, 0.1) is 0 Å². The molecule has 0 aromatic rings. The van der Waals surface area contributed by atoms with Gasteiger partial charge in [-0.05, 0) is 40.0 Å². The minimum Gasteiger partial charge on any atom is -0.380 e. The van der Waals surface area contributed by atoms with Crippen molar-refractivity contribution in [3.05, 3.63) is 0 Å². The minimum atomic E-state index is -3.09. The van der Waals surface area contributed by atoms with Crippen LogP contribution in [0.3, 0.4) is 0 Å². The summed E-state index contributed by atoms with van der Waals surface area (Å²) in [7, 11) is -6.14. The van der Waals surface area contributed by atoms with Crippen molar-refractivity contribution in [2.45, 2.75) is 80.1 Å². The van der Waals surface area contributed by atoms with Crippen molar-refractivity contribution in [1.29, 1.82) is 0 Å². The Morgan fingerprint density at radius 3 is 1.04 bits per heavy atom. The highest BCUT2D eigenvalue weighted by atomic mass is 28.4. The molecule has 0 aromatic carbocycles. The van der Waals surface area contributed by atoms with Crippen molar-refractivity contribution >= 4 is 23.8 Å². The van der Waals surface area contributed by atoms with Gasteiger partial charge in [0.05, 0.1) is 0 Å². The van der Waals surface area contributed by atoms with E-state index in [4.69, 9.17) is 26.6 Å². The van der Waals surface area contributed by atoms with Gasteiger partial charge >= 0.3 is 23.8 Å². The predicted octanol–water partition coefficient (Wildman–Crippen LogP) is 4.12. The fraction of sp³-hybridized carbons (Fsp3) is 1.00. The summed E-state index contributed by atoms with van der Waals surface area (Å²) in [6, 6.07) is 0. The van der Waals surface area contributed by atoms with Gasteiger partial charge in [0.1, 0.15) is 0 Å².